The van der Waals surface area contributed by atoms with E-state index in [2.05, 4.69) is 45.6 Å². The molecule has 23 heavy (non-hydrogen) atoms. The molecule has 0 fully saturated rings. The largest absolute Gasteiger partial charge is 0.497 e. The molecule has 2 aromatic heterocycles. The highest BCUT2D eigenvalue weighted by atomic mass is 16.5. The predicted molar refractivity (Wildman–Crippen MR) is 93.9 cm³/mol. The topological polar surface area (TPSA) is 49.9 Å². The number of methoxy groups -OCH3 is 1. The molecule has 2 heterocycles. The SMILES string of the molecule is COc1ccc(CNc2ccnc3[nH]c4ccccc4c23)cc1. The average Bonchev–Trinajstić information content (AvgIpc) is 2.99. The number of nitrogens with zero attached hydrogens (tertiary/aromatic N) is 1. The minimum absolute atomic E-state index is 0.753. The average molecular weight is 303 g/mol. The minimum Gasteiger partial charge on any atom is -0.497 e. The lowest BCUT2D eigenvalue weighted by Gasteiger charge is -2.08. The van der Waals surface area contributed by atoms with Gasteiger partial charge in [0.15, 0.2) is 0 Å². The van der Waals surface area contributed by atoms with E-state index < -0.39 is 0 Å². The minimum atomic E-state index is 0.753. The fourth-order valence-electron chi connectivity index (χ4n) is 2.85. The third-order valence-corrected chi connectivity index (χ3v) is 4.04. The van der Waals surface area contributed by atoms with Crippen LogP contribution >= 0.6 is 0 Å². The fraction of sp³-hybridized carbons (Fsp3) is 0.105. The maximum Gasteiger partial charge on any atom is 0.140 e. The van der Waals surface area contributed by atoms with Crippen molar-refractivity contribution in [1.82, 2.24) is 9.97 Å². The molecule has 0 spiro atoms. The molecule has 4 aromatic rings. The van der Waals surface area contributed by atoms with Gasteiger partial charge in [-0.3, -0.25) is 0 Å². The number of hydrogen-bond acceptors (Lipinski definition) is 3. The van der Waals surface area contributed by atoms with Crippen molar-refractivity contribution in [2.24, 2.45) is 0 Å². The van der Waals surface area contributed by atoms with Crippen LogP contribution in [0.3, 0.4) is 0 Å². The third-order valence-electron chi connectivity index (χ3n) is 4.04. The molecule has 0 aliphatic rings. The Morgan fingerprint density at radius 2 is 1.87 bits per heavy atom. The molecule has 0 unspecified atom stereocenters. The summed E-state index contributed by atoms with van der Waals surface area (Å²) in [7, 11) is 1.68. The van der Waals surface area contributed by atoms with E-state index in [-0.39, 0.29) is 0 Å². The summed E-state index contributed by atoms with van der Waals surface area (Å²) in [5.41, 5.74) is 4.30. The second-order valence-corrected chi connectivity index (χ2v) is 5.45. The van der Waals surface area contributed by atoms with Crippen molar-refractivity contribution >= 4 is 27.6 Å². The number of ether oxygens (including phenoxy) is 1. The van der Waals surface area contributed by atoms with Crippen molar-refractivity contribution in [2.45, 2.75) is 6.54 Å². The number of pyridine rings is 1. The van der Waals surface area contributed by atoms with E-state index in [1.165, 1.54) is 10.9 Å². The van der Waals surface area contributed by atoms with E-state index in [1.807, 2.05) is 30.5 Å². The Morgan fingerprint density at radius 1 is 1.04 bits per heavy atom. The molecular formula is C19H17N3O. The zero-order chi connectivity index (χ0) is 15.6. The van der Waals surface area contributed by atoms with Gasteiger partial charge in [-0.05, 0) is 29.8 Å². The van der Waals surface area contributed by atoms with Crippen LogP contribution in [-0.2, 0) is 6.54 Å². The Hall–Kier alpha value is -3.01. The number of benzene rings is 2. The number of para-hydroxylation sites is 1. The summed E-state index contributed by atoms with van der Waals surface area (Å²) in [5.74, 6) is 0.872. The first-order valence-corrected chi connectivity index (χ1v) is 7.57. The quantitative estimate of drug-likeness (QED) is 0.590. The van der Waals surface area contributed by atoms with Gasteiger partial charge in [-0.25, -0.2) is 4.98 Å². The van der Waals surface area contributed by atoms with E-state index in [0.29, 0.717) is 0 Å². The third kappa shape index (κ3) is 2.48. The molecule has 4 rings (SSSR count). The van der Waals surface area contributed by atoms with Gasteiger partial charge >= 0.3 is 0 Å². The Kier molecular flexibility index (Phi) is 3.35. The zero-order valence-electron chi connectivity index (χ0n) is 12.8. The molecule has 114 valence electrons. The van der Waals surface area contributed by atoms with Gasteiger partial charge in [0.1, 0.15) is 11.4 Å². The maximum atomic E-state index is 5.19. The molecule has 4 heteroatoms. The fourth-order valence-corrected chi connectivity index (χ4v) is 2.85. The summed E-state index contributed by atoms with van der Waals surface area (Å²) in [6.45, 7) is 0.753. The molecule has 0 radical (unpaired) electrons. The first kappa shape index (κ1) is 13.6. The van der Waals surface area contributed by atoms with Crippen LogP contribution in [0.4, 0.5) is 5.69 Å². The van der Waals surface area contributed by atoms with Crippen molar-refractivity contribution in [3.63, 3.8) is 0 Å². The van der Waals surface area contributed by atoms with Crippen molar-refractivity contribution in [3.05, 3.63) is 66.4 Å². The lowest BCUT2D eigenvalue weighted by Crippen LogP contribution is -2.00. The normalized spacial score (nSPS) is 11.0. The number of aromatic nitrogens is 2. The van der Waals surface area contributed by atoms with E-state index in [4.69, 9.17) is 4.74 Å². The highest BCUT2D eigenvalue weighted by Gasteiger charge is 2.09. The van der Waals surface area contributed by atoms with Gasteiger partial charge in [0.05, 0.1) is 7.11 Å². The Labute approximate surface area is 134 Å². The van der Waals surface area contributed by atoms with Gasteiger partial charge in [-0.15, -0.1) is 0 Å². The van der Waals surface area contributed by atoms with E-state index >= 15 is 0 Å². The molecule has 0 saturated heterocycles. The monoisotopic (exact) mass is 303 g/mol. The smallest absolute Gasteiger partial charge is 0.140 e. The standard InChI is InChI=1S/C19H17N3O/c1-23-14-8-6-13(7-9-14)12-21-17-10-11-20-19-18(17)15-4-2-3-5-16(15)22-19/h2-11H,12H2,1H3,(H2,20,21,22). The number of fused-ring (bicyclic) bond motifs is 3. The highest BCUT2D eigenvalue weighted by Crippen LogP contribution is 2.30. The van der Waals surface area contributed by atoms with Crippen LogP contribution in [0.2, 0.25) is 0 Å². The first-order valence-electron chi connectivity index (χ1n) is 7.57. The van der Waals surface area contributed by atoms with E-state index in [1.54, 1.807) is 7.11 Å². The van der Waals surface area contributed by atoms with Gasteiger partial charge < -0.3 is 15.0 Å². The summed E-state index contributed by atoms with van der Waals surface area (Å²) < 4.78 is 5.19. The summed E-state index contributed by atoms with van der Waals surface area (Å²) >= 11 is 0. The van der Waals surface area contributed by atoms with Crippen molar-refractivity contribution < 1.29 is 4.74 Å². The number of H-pyrrole nitrogens is 1. The molecule has 0 saturated carbocycles. The molecule has 2 N–H and O–H groups in total. The van der Waals surface area contributed by atoms with Gasteiger partial charge in [0, 0.05) is 34.7 Å². The van der Waals surface area contributed by atoms with Crippen molar-refractivity contribution in [1.29, 1.82) is 0 Å². The van der Waals surface area contributed by atoms with Gasteiger partial charge in [-0.2, -0.15) is 0 Å². The van der Waals surface area contributed by atoms with Crippen LogP contribution in [0.1, 0.15) is 5.56 Å². The second kappa shape index (κ2) is 5.65. The van der Waals surface area contributed by atoms with Crippen LogP contribution in [0, 0.1) is 0 Å². The summed E-state index contributed by atoms with van der Waals surface area (Å²) in [6, 6.07) is 18.4. The van der Waals surface area contributed by atoms with E-state index in [0.717, 1.165) is 34.5 Å². The summed E-state index contributed by atoms with van der Waals surface area (Å²) in [5, 5.41) is 5.84. The molecule has 2 aromatic carbocycles. The van der Waals surface area contributed by atoms with Gasteiger partial charge in [0.25, 0.3) is 0 Å². The van der Waals surface area contributed by atoms with Crippen LogP contribution in [0.15, 0.2) is 60.8 Å². The first-order chi connectivity index (χ1) is 11.3. The number of hydrogen-bond donors (Lipinski definition) is 2. The molecule has 0 atom stereocenters. The van der Waals surface area contributed by atoms with Crippen LogP contribution in [0.25, 0.3) is 21.9 Å². The lowest BCUT2D eigenvalue weighted by atomic mass is 10.1. The molecule has 0 amide bonds. The van der Waals surface area contributed by atoms with Crippen LogP contribution < -0.4 is 10.1 Å². The Balaban J connectivity index is 1.68. The number of aromatic amines is 1. The Morgan fingerprint density at radius 3 is 2.70 bits per heavy atom. The van der Waals surface area contributed by atoms with Gasteiger partial charge in [0.2, 0.25) is 0 Å². The zero-order valence-corrected chi connectivity index (χ0v) is 12.8. The summed E-state index contributed by atoms with van der Waals surface area (Å²) in [4.78, 5) is 7.81. The van der Waals surface area contributed by atoms with Crippen LogP contribution in [-0.4, -0.2) is 17.1 Å². The predicted octanol–water partition coefficient (Wildman–Crippen LogP) is 4.34. The Bertz CT molecular complexity index is 957. The number of rotatable bonds is 4. The molecule has 0 aliphatic carbocycles. The molecule has 4 nitrogen and oxygen atoms in total. The molecular weight excluding hydrogens is 286 g/mol. The number of anilines is 1. The van der Waals surface area contributed by atoms with Crippen molar-refractivity contribution in [2.75, 3.05) is 12.4 Å². The van der Waals surface area contributed by atoms with E-state index in [9.17, 15) is 0 Å². The lowest BCUT2D eigenvalue weighted by molar-refractivity contribution is 0.414. The van der Waals surface area contributed by atoms with Gasteiger partial charge in [-0.1, -0.05) is 30.3 Å². The van der Waals surface area contributed by atoms with Crippen LogP contribution in [0.5, 0.6) is 5.75 Å². The maximum absolute atomic E-state index is 5.19. The second-order valence-electron chi connectivity index (χ2n) is 5.45. The number of nitrogens with one attached hydrogen (secondary N) is 2. The highest BCUT2D eigenvalue weighted by molar-refractivity contribution is 6.11. The van der Waals surface area contributed by atoms with Crippen molar-refractivity contribution in [3.8, 4) is 5.75 Å². The molecule has 0 aliphatic heterocycles. The molecule has 0 bridgehead atoms. The summed E-state index contributed by atoms with van der Waals surface area (Å²) in [6.07, 6.45) is 1.83.